The number of carbonyl (C=O) groups is 2. The minimum atomic E-state index is 0.0217. The molecule has 0 N–H and O–H groups in total. The lowest BCUT2D eigenvalue weighted by molar-refractivity contribution is -0.134. The van der Waals surface area contributed by atoms with Gasteiger partial charge in [-0.2, -0.15) is 0 Å². The van der Waals surface area contributed by atoms with Crippen LogP contribution in [-0.2, 0) is 9.59 Å². The highest BCUT2D eigenvalue weighted by atomic mass is 16.1. The van der Waals surface area contributed by atoms with Crippen molar-refractivity contribution in [1.29, 1.82) is 0 Å². The summed E-state index contributed by atoms with van der Waals surface area (Å²) in [6.07, 6.45) is 13.6. The molecule has 1 fully saturated rings. The summed E-state index contributed by atoms with van der Waals surface area (Å²) in [6.45, 7) is 4.43. The van der Waals surface area contributed by atoms with Gasteiger partial charge in [0.15, 0.2) is 0 Å². The predicted octanol–water partition coefficient (Wildman–Crippen LogP) is 5.24. The molecule has 0 saturated heterocycles. The van der Waals surface area contributed by atoms with Gasteiger partial charge in [-0.1, -0.05) is 65.2 Å². The van der Waals surface area contributed by atoms with Gasteiger partial charge in [0, 0.05) is 12.8 Å². The van der Waals surface area contributed by atoms with Crippen molar-refractivity contribution in [3.8, 4) is 0 Å². The van der Waals surface area contributed by atoms with E-state index in [2.05, 4.69) is 13.8 Å². The summed E-state index contributed by atoms with van der Waals surface area (Å²) in [5.74, 6) is 0.375. The SMILES string of the molecule is CCCCCCC1(CCCCCC)CC(=O)CC(=O)C1. The Morgan fingerprint density at radius 1 is 0.750 bits per heavy atom. The molecule has 0 unspecified atom stereocenters. The predicted molar refractivity (Wildman–Crippen MR) is 83.8 cm³/mol. The van der Waals surface area contributed by atoms with Crippen LogP contribution in [0, 0.1) is 5.41 Å². The maximum atomic E-state index is 11.8. The molecule has 0 heterocycles. The van der Waals surface area contributed by atoms with Crippen LogP contribution in [0.2, 0.25) is 0 Å². The third-order valence-electron chi connectivity index (χ3n) is 4.66. The lowest BCUT2D eigenvalue weighted by atomic mass is 9.67. The van der Waals surface area contributed by atoms with Gasteiger partial charge in [0.25, 0.3) is 0 Å². The fourth-order valence-corrected chi connectivity index (χ4v) is 3.58. The standard InChI is InChI=1S/C18H32O2/c1-3-5-7-9-11-18(12-10-8-6-4-2)14-16(19)13-17(20)15-18/h3-15H2,1-2H3. The Morgan fingerprint density at radius 3 is 1.60 bits per heavy atom. The summed E-state index contributed by atoms with van der Waals surface area (Å²) in [5, 5.41) is 0. The molecular weight excluding hydrogens is 248 g/mol. The van der Waals surface area contributed by atoms with Crippen molar-refractivity contribution < 1.29 is 9.59 Å². The van der Waals surface area contributed by atoms with E-state index >= 15 is 0 Å². The summed E-state index contributed by atoms with van der Waals surface area (Å²) in [6, 6.07) is 0. The van der Waals surface area contributed by atoms with Crippen molar-refractivity contribution in [3.63, 3.8) is 0 Å². The molecule has 0 aromatic heterocycles. The highest BCUT2D eigenvalue weighted by molar-refractivity contribution is 6.02. The lowest BCUT2D eigenvalue weighted by Crippen LogP contribution is -2.34. The third kappa shape index (κ3) is 6.19. The van der Waals surface area contributed by atoms with Crippen molar-refractivity contribution in [1.82, 2.24) is 0 Å². The molecule has 116 valence electrons. The van der Waals surface area contributed by atoms with Crippen LogP contribution in [0.4, 0.5) is 0 Å². The Labute approximate surface area is 124 Å². The first-order chi connectivity index (χ1) is 9.62. The summed E-state index contributed by atoms with van der Waals surface area (Å²) >= 11 is 0. The summed E-state index contributed by atoms with van der Waals surface area (Å²) in [4.78, 5) is 23.7. The van der Waals surface area contributed by atoms with E-state index in [0.717, 1.165) is 12.8 Å². The van der Waals surface area contributed by atoms with Gasteiger partial charge in [0.05, 0.1) is 6.42 Å². The van der Waals surface area contributed by atoms with Crippen LogP contribution in [0.3, 0.4) is 0 Å². The van der Waals surface area contributed by atoms with Gasteiger partial charge < -0.3 is 0 Å². The van der Waals surface area contributed by atoms with E-state index in [9.17, 15) is 9.59 Å². The Balaban J connectivity index is 2.52. The number of unbranched alkanes of at least 4 members (excludes halogenated alkanes) is 6. The minimum Gasteiger partial charge on any atom is -0.299 e. The average molecular weight is 280 g/mol. The zero-order valence-electron chi connectivity index (χ0n) is 13.5. The molecular formula is C18H32O2. The van der Waals surface area contributed by atoms with Crippen LogP contribution in [0.15, 0.2) is 0 Å². The molecule has 0 aromatic rings. The smallest absolute Gasteiger partial charge is 0.140 e. The molecule has 20 heavy (non-hydrogen) atoms. The van der Waals surface area contributed by atoms with Gasteiger partial charge in [-0.15, -0.1) is 0 Å². The van der Waals surface area contributed by atoms with Crippen molar-refractivity contribution in [2.45, 2.75) is 97.3 Å². The number of hydrogen-bond donors (Lipinski definition) is 0. The molecule has 0 atom stereocenters. The molecule has 2 nitrogen and oxygen atoms in total. The first-order valence-corrected chi connectivity index (χ1v) is 8.65. The summed E-state index contributed by atoms with van der Waals surface area (Å²) in [7, 11) is 0. The molecule has 2 heteroatoms. The second-order valence-electron chi connectivity index (χ2n) is 6.73. The Hall–Kier alpha value is -0.660. The first kappa shape index (κ1) is 17.4. The monoisotopic (exact) mass is 280 g/mol. The van der Waals surface area contributed by atoms with Crippen molar-refractivity contribution in [3.05, 3.63) is 0 Å². The number of hydrogen-bond acceptors (Lipinski definition) is 2. The maximum absolute atomic E-state index is 11.8. The van der Waals surface area contributed by atoms with E-state index in [1.54, 1.807) is 0 Å². The fraction of sp³-hybridized carbons (Fsp3) is 0.889. The molecule has 1 rings (SSSR count). The highest BCUT2D eigenvalue weighted by Crippen LogP contribution is 2.42. The topological polar surface area (TPSA) is 34.1 Å². The molecule has 1 aliphatic carbocycles. The van der Waals surface area contributed by atoms with E-state index in [1.807, 2.05) is 0 Å². The van der Waals surface area contributed by atoms with E-state index in [1.165, 1.54) is 51.4 Å². The minimum absolute atomic E-state index is 0.0217. The molecule has 0 radical (unpaired) electrons. The van der Waals surface area contributed by atoms with Crippen LogP contribution in [-0.4, -0.2) is 11.6 Å². The van der Waals surface area contributed by atoms with Gasteiger partial charge >= 0.3 is 0 Å². The van der Waals surface area contributed by atoms with Crippen LogP contribution in [0.5, 0.6) is 0 Å². The average Bonchev–Trinajstić information content (AvgIpc) is 2.39. The van der Waals surface area contributed by atoms with Crippen LogP contribution in [0.1, 0.15) is 97.3 Å². The maximum Gasteiger partial charge on any atom is 0.140 e. The number of carbonyl (C=O) groups excluding carboxylic acids is 2. The molecule has 0 bridgehead atoms. The summed E-state index contributed by atoms with van der Waals surface area (Å²) in [5.41, 5.74) is 0.0217. The van der Waals surface area contributed by atoms with E-state index in [4.69, 9.17) is 0 Å². The second kappa shape index (κ2) is 9.31. The number of rotatable bonds is 10. The quantitative estimate of drug-likeness (QED) is 0.405. The van der Waals surface area contributed by atoms with Gasteiger partial charge in [-0.3, -0.25) is 9.59 Å². The van der Waals surface area contributed by atoms with Crippen LogP contribution < -0.4 is 0 Å². The van der Waals surface area contributed by atoms with Gasteiger partial charge in [-0.25, -0.2) is 0 Å². The zero-order chi connectivity index (χ0) is 14.8. The van der Waals surface area contributed by atoms with E-state index in [0.29, 0.717) is 12.8 Å². The third-order valence-corrected chi connectivity index (χ3v) is 4.66. The Bertz CT molecular complexity index is 277. The van der Waals surface area contributed by atoms with Gasteiger partial charge in [0.2, 0.25) is 0 Å². The normalized spacial score (nSPS) is 18.5. The molecule has 0 spiro atoms. The molecule has 0 aliphatic heterocycles. The van der Waals surface area contributed by atoms with Crippen molar-refractivity contribution in [2.24, 2.45) is 5.41 Å². The lowest BCUT2D eigenvalue weighted by Gasteiger charge is -2.36. The summed E-state index contributed by atoms with van der Waals surface area (Å²) < 4.78 is 0. The molecule has 0 aromatic carbocycles. The van der Waals surface area contributed by atoms with Crippen molar-refractivity contribution >= 4 is 11.6 Å². The fourth-order valence-electron chi connectivity index (χ4n) is 3.58. The number of ketones is 2. The molecule has 1 saturated carbocycles. The van der Waals surface area contributed by atoms with E-state index in [-0.39, 0.29) is 23.4 Å². The van der Waals surface area contributed by atoms with Crippen LogP contribution in [0.25, 0.3) is 0 Å². The molecule has 0 amide bonds. The Morgan fingerprint density at radius 2 is 1.20 bits per heavy atom. The second-order valence-corrected chi connectivity index (χ2v) is 6.73. The van der Waals surface area contributed by atoms with E-state index < -0.39 is 0 Å². The van der Waals surface area contributed by atoms with Crippen molar-refractivity contribution in [2.75, 3.05) is 0 Å². The highest BCUT2D eigenvalue weighted by Gasteiger charge is 2.38. The number of Topliss-reactive ketones (excluding diaryl/α,β-unsaturated/α-hetero) is 2. The van der Waals surface area contributed by atoms with Gasteiger partial charge in [-0.05, 0) is 18.3 Å². The van der Waals surface area contributed by atoms with Gasteiger partial charge in [0.1, 0.15) is 11.6 Å². The van der Waals surface area contributed by atoms with Crippen LogP contribution >= 0.6 is 0 Å². The first-order valence-electron chi connectivity index (χ1n) is 8.65. The largest absolute Gasteiger partial charge is 0.299 e. The molecule has 1 aliphatic rings. The Kier molecular flexibility index (Phi) is 8.09. The zero-order valence-corrected chi connectivity index (χ0v) is 13.5.